The number of halogens is 3. The van der Waals surface area contributed by atoms with Crippen LogP contribution in [0.4, 0.5) is 13.2 Å². The molecule has 0 spiro atoms. The summed E-state index contributed by atoms with van der Waals surface area (Å²) in [5.74, 6) is 0.328. The van der Waals surface area contributed by atoms with Gasteiger partial charge in [-0.25, -0.2) is 4.98 Å². The predicted molar refractivity (Wildman–Crippen MR) is 106 cm³/mol. The number of alkyl halides is 3. The number of aromatic nitrogens is 1. The molecule has 0 atom stereocenters. The minimum Gasteiger partial charge on any atom is -0.476 e. The lowest BCUT2D eigenvalue weighted by atomic mass is 9.98. The summed E-state index contributed by atoms with van der Waals surface area (Å²) in [5.41, 5.74) is 3.81. The Labute approximate surface area is 171 Å². The van der Waals surface area contributed by atoms with Crippen LogP contribution >= 0.6 is 0 Å². The second-order valence-electron chi connectivity index (χ2n) is 6.63. The first kappa shape index (κ1) is 19.8. The number of hydrogen-bond donors (Lipinski definition) is 0. The summed E-state index contributed by atoms with van der Waals surface area (Å²) in [4.78, 5) is 4.12. The highest BCUT2D eigenvalue weighted by atomic mass is 19.4. The van der Waals surface area contributed by atoms with E-state index in [9.17, 15) is 13.2 Å². The quantitative estimate of drug-likeness (QED) is 0.578. The third kappa shape index (κ3) is 5.08. The third-order valence-corrected chi connectivity index (χ3v) is 4.51. The molecule has 8 heteroatoms. The highest BCUT2D eigenvalue weighted by molar-refractivity contribution is 5.84. The van der Waals surface area contributed by atoms with E-state index in [1.165, 1.54) is 12.1 Å². The van der Waals surface area contributed by atoms with Crippen molar-refractivity contribution in [2.75, 3.05) is 13.2 Å². The highest BCUT2D eigenvalue weighted by Crippen LogP contribution is 2.28. The Bertz CT molecular complexity index is 1020. The highest BCUT2D eigenvalue weighted by Gasteiger charge is 2.31. The first-order valence-electron chi connectivity index (χ1n) is 9.28. The van der Waals surface area contributed by atoms with Crippen LogP contribution in [-0.2, 0) is 6.54 Å². The normalized spacial score (nSPS) is 13.1. The molecule has 0 amide bonds. The summed E-state index contributed by atoms with van der Waals surface area (Å²) >= 11 is 0. The summed E-state index contributed by atoms with van der Waals surface area (Å²) in [6.07, 6.45) is -1.23. The lowest BCUT2D eigenvalue weighted by Gasteiger charge is -2.24. The number of hydrazone groups is 1. The Morgan fingerprint density at radius 1 is 0.967 bits per heavy atom. The molecule has 0 N–H and O–H groups in total. The van der Waals surface area contributed by atoms with Crippen LogP contribution in [-0.4, -0.2) is 35.7 Å². The van der Waals surface area contributed by atoms with E-state index >= 15 is 0 Å². The maximum Gasteiger partial charge on any atom is 0.573 e. The average molecular weight is 413 g/mol. The van der Waals surface area contributed by atoms with E-state index in [1.54, 1.807) is 30.6 Å². The second kappa shape index (κ2) is 8.44. The maximum atomic E-state index is 12.3. The summed E-state index contributed by atoms with van der Waals surface area (Å²) in [7, 11) is 0. The maximum absolute atomic E-state index is 12.3. The van der Waals surface area contributed by atoms with Gasteiger partial charge in [0.2, 0.25) is 5.88 Å². The summed E-state index contributed by atoms with van der Waals surface area (Å²) in [6.45, 7) is 1.66. The molecule has 0 saturated heterocycles. The number of ether oxygens (including phenoxy) is 2. The second-order valence-corrected chi connectivity index (χ2v) is 6.63. The summed E-state index contributed by atoms with van der Waals surface area (Å²) < 4.78 is 46.5. The zero-order valence-electron chi connectivity index (χ0n) is 15.8. The Balaban J connectivity index is 1.40. The van der Waals surface area contributed by atoms with E-state index < -0.39 is 6.36 Å². The molecule has 3 aromatic rings. The smallest absolute Gasteiger partial charge is 0.476 e. The van der Waals surface area contributed by atoms with Crippen molar-refractivity contribution in [2.24, 2.45) is 5.10 Å². The molecule has 154 valence electrons. The van der Waals surface area contributed by atoms with E-state index in [4.69, 9.17) is 4.74 Å². The Morgan fingerprint density at radius 3 is 2.50 bits per heavy atom. The number of pyridine rings is 1. The fourth-order valence-corrected chi connectivity index (χ4v) is 3.10. The average Bonchev–Trinajstić information content (AvgIpc) is 2.73. The van der Waals surface area contributed by atoms with Gasteiger partial charge in [0.05, 0.1) is 19.3 Å². The van der Waals surface area contributed by atoms with Gasteiger partial charge >= 0.3 is 6.36 Å². The Kier molecular flexibility index (Phi) is 5.56. The molecule has 0 aliphatic carbocycles. The molecule has 0 bridgehead atoms. The number of hydrogen-bond acceptors (Lipinski definition) is 5. The van der Waals surface area contributed by atoms with E-state index in [0.717, 1.165) is 22.3 Å². The molecule has 5 nitrogen and oxygen atoms in total. The van der Waals surface area contributed by atoms with Crippen molar-refractivity contribution in [3.8, 4) is 22.8 Å². The summed E-state index contributed by atoms with van der Waals surface area (Å²) in [5, 5.41) is 6.33. The standard InChI is InChI=1S/C22H18F3N3O2/c23-22(24,25)30-20-8-6-16(7-9-20)17-4-5-18-14-27-28(15-19(18)13-17)11-12-29-21-3-1-2-10-26-21/h1-10,13-14H,11-12,15H2. The molecule has 2 aromatic carbocycles. The topological polar surface area (TPSA) is 47.0 Å². The molecule has 0 radical (unpaired) electrons. The predicted octanol–water partition coefficient (Wildman–Crippen LogP) is 4.88. The largest absolute Gasteiger partial charge is 0.573 e. The molecule has 1 aliphatic heterocycles. The van der Waals surface area contributed by atoms with Crippen LogP contribution in [0.25, 0.3) is 11.1 Å². The Hall–Kier alpha value is -3.55. The van der Waals surface area contributed by atoms with Crippen LogP contribution in [0.3, 0.4) is 0 Å². The van der Waals surface area contributed by atoms with Gasteiger partial charge in [-0.3, -0.25) is 5.01 Å². The molecular weight excluding hydrogens is 395 g/mol. The van der Waals surface area contributed by atoms with Crippen molar-refractivity contribution >= 4 is 6.21 Å². The van der Waals surface area contributed by atoms with E-state index in [-0.39, 0.29) is 5.75 Å². The van der Waals surface area contributed by atoms with Gasteiger partial charge in [0.15, 0.2) is 0 Å². The van der Waals surface area contributed by atoms with Crippen LogP contribution in [0.2, 0.25) is 0 Å². The molecule has 0 saturated carbocycles. The molecule has 0 fully saturated rings. The third-order valence-electron chi connectivity index (χ3n) is 4.51. The van der Waals surface area contributed by atoms with Crippen LogP contribution in [0.15, 0.2) is 72.0 Å². The molecule has 1 aromatic heterocycles. The SMILES string of the molecule is FC(F)(F)Oc1ccc(-c2ccc3c(c2)CN(CCOc2ccccn2)N=C3)cc1. The molecule has 4 rings (SSSR count). The van der Waals surface area contributed by atoms with Crippen LogP contribution in [0.1, 0.15) is 11.1 Å². The van der Waals surface area contributed by atoms with Crippen molar-refractivity contribution in [3.63, 3.8) is 0 Å². The first-order valence-corrected chi connectivity index (χ1v) is 9.28. The van der Waals surface area contributed by atoms with E-state index in [2.05, 4.69) is 14.8 Å². The van der Waals surface area contributed by atoms with Gasteiger partial charge in [0.25, 0.3) is 0 Å². The van der Waals surface area contributed by atoms with Crippen molar-refractivity contribution in [2.45, 2.75) is 12.9 Å². The minimum atomic E-state index is -4.70. The van der Waals surface area contributed by atoms with Crippen LogP contribution in [0, 0.1) is 0 Å². The van der Waals surface area contributed by atoms with Crippen molar-refractivity contribution < 1.29 is 22.6 Å². The zero-order chi connectivity index (χ0) is 21.0. The van der Waals surface area contributed by atoms with Gasteiger partial charge in [-0.05, 0) is 46.5 Å². The van der Waals surface area contributed by atoms with Crippen molar-refractivity contribution in [1.82, 2.24) is 9.99 Å². The molecule has 30 heavy (non-hydrogen) atoms. The van der Waals surface area contributed by atoms with Gasteiger partial charge in [-0.2, -0.15) is 5.10 Å². The van der Waals surface area contributed by atoms with Crippen LogP contribution < -0.4 is 9.47 Å². The number of benzene rings is 2. The minimum absolute atomic E-state index is 0.240. The lowest BCUT2D eigenvalue weighted by molar-refractivity contribution is -0.274. The number of nitrogens with zero attached hydrogens (tertiary/aromatic N) is 3. The van der Waals surface area contributed by atoms with Gasteiger partial charge < -0.3 is 9.47 Å². The monoisotopic (exact) mass is 413 g/mol. The fraction of sp³-hybridized carbons (Fsp3) is 0.182. The molecular formula is C22H18F3N3O2. The van der Waals surface area contributed by atoms with Gasteiger partial charge in [0, 0.05) is 12.3 Å². The molecule has 2 heterocycles. The van der Waals surface area contributed by atoms with Crippen molar-refractivity contribution in [1.29, 1.82) is 0 Å². The van der Waals surface area contributed by atoms with Gasteiger partial charge in [-0.15, -0.1) is 13.2 Å². The van der Waals surface area contributed by atoms with Crippen molar-refractivity contribution in [3.05, 3.63) is 78.0 Å². The summed E-state index contributed by atoms with van der Waals surface area (Å²) in [6, 6.07) is 17.2. The van der Waals surface area contributed by atoms with Gasteiger partial charge in [0.1, 0.15) is 12.4 Å². The lowest BCUT2D eigenvalue weighted by Crippen LogP contribution is -2.26. The first-order chi connectivity index (χ1) is 14.5. The molecule has 1 aliphatic rings. The van der Waals surface area contributed by atoms with E-state index in [0.29, 0.717) is 25.6 Å². The van der Waals surface area contributed by atoms with Crippen LogP contribution in [0.5, 0.6) is 11.6 Å². The Morgan fingerprint density at radius 2 is 1.77 bits per heavy atom. The fourth-order valence-electron chi connectivity index (χ4n) is 3.10. The van der Waals surface area contributed by atoms with Gasteiger partial charge in [-0.1, -0.05) is 30.3 Å². The zero-order valence-corrected chi connectivity index (χ0v) is 15.8. The number of rotatable bonds is 6. The molecule has 0 unspecified atom stereocenters. The van der Waals surface area contributed by atoms with E-state index in [1.807, 2.05) is 35.3 Å². The number of fused-ring (bicyclic) bond motifs is 1.